The number of unbranched alkanes of at least 4 members (excludes halogenated alkanes) is 5. The lowest BCUT2D eigenvalue weighted by Crippen LogP contribution is -1.89. The first kappa shape index (κ1) is 13.2. The number of benzene rings is 1. The molecule has 0 saturated heterocycles. The van der Waals surface area contributed by atoms with E-state index in [1.165, 1.54) is 61.4 Å². The van der Waals surface area contributed by atoms with Gasteiger partial charge in [-0.05, 0) is 35.9 Å². The van der Waals surface area contributed by atoms with E-state index in [1.807, 2.05) is 0 Å². The van der Waals surface area contributed by atoms with Crippen molar-refractivity contribution >= 4 is 10.9 Å². The van der Waals surface area contributed by atoms with Crippen molar-refractivity contribution in [1.29, 1.82) is 0 Å². The highest BCUT2D eigenvalue weighted by Gasteiger charge is 2.00. The molecule has 0 aliphatic carbocycles. The molecule has 1 heteroatoms. The van der Waals surface area contributed by atoms with Crippen LogP contribution in [0.1, 0.15) is 51.0 Å². The highest BCUT2D eigenvalue weighted by molar-refractivity contribution is 5.80. The van der Waals surface area contributed by atoms with E-state index in [1.54, 1.807) is 0 Å². The fraction of sp³-hybridized carbons (Fsp3) is 0.529. The number of rotatable bonds is 7. The molecule has 2 aromatic rings. The van der Waals surface area contributed by atoms with Gasteiger partial charge in [0.2, 0.25) is 0 Å². The average molecular weight is 243 g/mol. The van der Waals surface area contributed by atoms with Gasteiger partial charge in [-0.1, -0.05) is 51.2 Å². The first-order valence-electron chi connectivity index (χ1n) is 7.35. The predicted octanol–water partition coefficient (Wildman–Crippen LogP) is 5.08. The molecule has 0 N–H and O–H groups in total. The summed E-state index contributed by atoms with van der Waals surface area (Å²) in [5, 5.41) is 1.35. The summed E-state index contributed by atoms with van der Waals surface area (Å²) in [7, 11) is 2.12. The van der Waals surface area contributed by atoms with Crippen molar-refractivity contribution in [3.05, 3.63) is 36.0 Å². The van der Waals surface area contributed by atoms with Crippen LogP contribution < -0.4 is 0 Å². The summed E-state index contributed by atoms with van der Waals surface area (Å²) < 4.78 is 2.21. The van der Waals surface area contributed by atoms with Crippen LogP contribution in [0.4, 0.5) is 0 Å². The van der Waals surface area contributed by atoms with Crippen molar-refractivity contribution in [2.24, 2.45) is 7.05 Å². The Kier molecular flexibility index (Phi) is 4.86. The molecular weight excluding hydrogens is 218 g/mol. The van der Waals surface area contributed by atoms with E-state index in [0.29, 0.717) is 0 Å². The van der Waals surface area contributed by atoms with Crippen molar-refractivity contribution in [2.75, 3.05) is 0 Å². The minimum atomic E-state index is 1.23. The van der Waals surface area contributed by atoms with Crippen LogP contribution in [0.2, 0.25) is 0 Å². The third-order valence-corrected chi connectivity index (χ3v) is 3.77. The zero-order chi connectivity index (χ0) is 12.8. The second kappa shape index (κ2) is 6.63. The Morgan fingerprint density at radius 3 is 2.56 bits per heavy atom. The molecule has 0 atom stereocenters. The number of aromatic nitrogens is 1. The molecule has 0 aliphatic rings. The number of fused-ring (bicyclic) bond motifs is 1. The van der Waals surface area contributed by atoms with Crippen molar-refractivity contribution in [3.8, 4) is 0 Å². The van der Waals surface area contributed by atoms with Gasteiger partial charge in [0.15, 0.2) is 0 Å². The predicted molar refractivity (Wildman–Crippen MR) is 80.0 cm³/mol. The molecule has 98 valence electrons. The smallest absolute Gasteiger partial charge is 0.0480 e. The van der Waals surface area contributed by atoms with Gasteiger partial charge in [0.25, 0.3) is 0 Å². The number of hydrogen-bond donors (Lipinski definition) is 0. The van der Waals surface area contributed by atoms with Crippen LogP contribution >= 0.6 is 0 Å². The van der Waals surface area contributed by atoms with Gasteiger partial charge in [-0.15, -0.1) is 0 Å². The summed E-state index contributed by atoms with van der Waals surface area (Å²) in [6.45, 7) is 2.27. The number of nitrogens with zero attached hydrogens (tertiary/aromatic N) is 1. The molecule has 0 bridgehead atoms. The molecule has 0 radical (unpaired) electrons. The first-order valence-corrected chi connectivity index (χ1v) is 7.35. The Balaban J connectivity index is 1.82. The van der Waals surface area contributed by atoms with E-state index < -0.39 is 0 Å². The highest BCUT2D eigenvalue weighted by atomic mass is 14.9. The van der Waals surface area contributed by atoms with E-state index in [9.17, 15) is 0 Å². The number of aryl methyl sites for hydroxylation is 2. The fourth-order valence-corrected chi connectivity index (χ4v) is 2.57. The molecule has 1 aromatic carbocycles. The Morgan fingerprint density at radius 2 is 1.72 bits per heavy atom. The first-order chi connectivity index (χ1) is 8.81. The molecule has 1 aromatic heterocycles. The van der Waals surface area contributed by atoms with Gasteiger partial charge in [-0.25, -0.2) is 0 Å². The van der Waals surface area contributed by atoms with Gasteiger partial charge >= 0.3 is 0 Å². The third-order valence-electron chi connectivity index (χ3n) is 3.77. The van der Waals surface area contributed by atoms with Crippen LogP contribution in [0.15, 0.2) is 30.5 Å². The molecule has 0 amide bonds. The molecule has 0 saturated carbocycles. The quantitative estimate of drug-likeness (QED) is 0.597. The molecule has 0 aliphatic heterocycles. The zero-order valence-corrected chi connectivity index (χ0v) is 11.8. The van der Waals surface area contributed by atoms with Gasteiger partial charge in [0.1, 0.15) is 0 Å². The summed E-state index contributed by atoms with van der Waals surface area (Å²) in [5.41, 5.74) is 2.85. The zero-order valence-electron chi connectivity index (χ0n) is 11.8. The van der Waals surface area contributed by atoms with Crippen molar-refractivity contribution in [3.63, 3.8) is 0 Å². The van der Waals surface area contributed by atoms with Gasteiger partial charge in [-0.2, -0.15) is 0 Å². The van der Waals surface area contributed by atoms with E-state index >= 15 is 0 Å². The minimum Gasteiger partial charge on any atom is -0.351 e. The van der Waals surface area contributed by atoms with Gasteiger partial charge in [0, 0.05) is 18.8 Å². The molecule has 0 spiro atoms. The van der Waals surface area contributed by atoms with Gasteiger partial charge in [-0.3, -0.25) is 0 Å². The summed E-state index contributed by atoms with van der Waals surface area (Å²) in [4.78, 5) is 0. The summed E-state index contributed by atoms with van der Waals surface area (Å²) in [6.07, 6.45) is 11.6. The van der Waals surface area contributed by atoms with Gasteiger partial charge < -0.3 is 4.57 Å². The van der Waals surface area contributed by atoms with Crippen LogP contribution in [-0.4, -0.2) is 4.57 Å². The second-order valence-electron chi connectivity index (χ2n) is 5.34. The maximum absolute atomic E-state index is 2.35. The SMILES string of the molecule is CCCCCCCCc1ccc2ccn(C)c2c1. The topological polar surface area (TPSA) is 4.93 Å². The van der Waals surface area contributed by atoms with Crippen LogP contribution in [0, 0.1) is 0 Å². The van der Waals surface area contributed by atoms with Crippen LogP contribution in [0.25, 0.3) is 10.9 Å². The van der Waals surface area contributed by atoms with Crippen LogP contribution in [0.3, 0.4) is 0 Å². The van der Waals surface area contributed by atoms with E-state index in [4.69, 9.17) is 0 Å². The Labute approximate surface area is 111 Å². The lowest BCUT2D eigenvalue weighted by atomic mass is 10.0. The lowest BCUT2D eigenvalue weighted by Gasteiger charge is -2.04. The maximum Gasteiger partial charge on any atom is 0.0480 e. The van der Waals surface area contributed by atoms with Crippen molar-refractivity contribution in [1.82, 2.24) is 4.57 Å². The van der Waals surface area contributed by atoms with Gasteiger partial charge in [0.05, 0.1) is 0 Å². The molecule has 0 unspecified atom stereocenters. The minimum absolute atomic E-state index is 1.23. The Hall–Kier alpha value is -1.24. The molecule has 0 fully saturated rings. The van der Waals surface area contributed by atoms with E-state index in [2.05, 4.69) is 49.0 Å². The lowest BCUT2D eigenvalue weighted by molar-refractivity contribution is 0.607. The van der Waals surface area contributed by atoms with Crippen molar-refractivity contribution in [2.45, 2.75) is 51.9 Å². The third kappa shape index (κ3) is 3.38. The van der Waals surface area contributed by atoms with Crippen LogP contribution in [-0.2, 0) is 13.5 Å². The number of hydrogen-bond acceptors (Lipinski definition) is 0. The molecular formula is C17H25N. The summed E-state index contributed by atoms with van der Waals surface area (Å²) in [5.74, 6) is 0. The molecule has 1 heterocycles. The van der Waals surface area contributed by atoms with Crippen molar-refractivity contribution < 1.29 is 0 Å². The standard InChI is InChI=1S/C17H25N/c1-3-4-5-6-7-8-9-15-10-11-16-12-13-18(2)17(16)14-15/h10-14H,3-9H2,1-2H3. The maximum atomic E-state index is 2.35. The Morgan fingerprint density at radius 1 is 0.944 bits per heavy atom. The molecule has 1 nitrogen and oxygen atoms in total. The average Bonchev–Trinajstić information content (AvgIpc) is 2.75. The van der Waals surface area contributed by atoms with E-state index in [-0.39, 0.29) is 0 Å². The van der Waals surface area contributed by atoms with Crippen LogP contribution in [0.5, 0.6) is 0 Å². The molecule has 2 rings (SSSR count). The summed E-state index contributed by atoms with van der Waals surface area (Å²) >= 11 is 0. The monoisotopic (exact) mass is 243 g/mol. The molecule has 18 heavy (non-hydrogen) atoms. The normalized spacial score (nSPS) is 11.2. The second-order valence-corrected chi connectivity index (χ2v) is 5.34. The fourth-order valence-electron chi connectivity index (χ4n) is 2.57. The largest absolute Gasteiger partial charge is 0.351 e. The Bertz CT molecular complexity index is 481. The van der Waals surface area contributed by atoms with E-state index in [0.717, 1.165) is 0 Å². The summed E-state index contributed by atoms with van der Waals surface area (Å²) in [6, 6.07) is 9.07. The highest BCUT2D eigenvalue weighted by Crippen LogP contribution is 2.18.